The highest BCUT2D eigenvalue weighted by atomic mass is 35.5. The van der Waals surface area contributed by atoms with E-state index in [0.717, 1.165) is 22.2 Å². The van der Waals surface area contributed by atoms with Crippen molar-refractivity contribution in [3.8, 4) is 22.8 Å². The van der Waals surface area contributed by atoms with Gasteiger partial charge < -0.3 is 9.54 Å². The summed E-state index contributed by atoms with van der Waals surface area (Å²) in [6.45, 7) is 1.92. The molecule has 0 saturated carbocycles. The van der Waals surface area contributed by atoms with Gasteiger partial charge in [0.2, 0.25) is 0 Å². The van der Waals surface area contributed by atoms with Crippen molar-refractivity contribution >= 4 is 22.8 Å². The molecule has 0 saturated heterocycles. The Labute approximate surface area is 140 Å². The van der Waals surface area contributed by atoms with E-state index in [-0.39, 0.29) is 0 Å². The number of aromatic amines is 1. The van der Waals surface area contributed by atoms with Crippen LogP contribution in [0.4, 0.5) is 4.39 Å². The average molecular weight is 350 g/mol. The molecule has 4 nitrogen and oxygen atoms in total. The van der Waals surface area contributed by atoms with Crippen molar-refractivity contribution in [2.45, 2.75) is 11.8 Å². The van der Waals surface area contributed by atoms with Crippen LogP contribution in [0.15, 0.2) is 41.4 Å². The van der Waals surface area contributed by atoms with Crippen LogP contribution in [0, 0.1) is 12.7 Å². The Balaban J connectivity index is 2.03. The lowest BCUT2D eigenvalue weighted by Crippen LogP contribution is -1.98. The van der Waals surface area contributed by atoms with Crippen LogP contribution >= 0.6 is 11.6 Å². The maximum atomic E-state index is 13.0. The molecular weight excluding hydrogens is 337 g/mol. The number of imidazole rings is 1. The van der Waals surface area contributed by atoms with E-state index < -0.39 is 17.0 Å². The normalized spacial score (nSPS) is 12.4. The second kappa shape index (κ2) is 6.31. The maximum absolute atomic E-state index is 13.0. The summed E-state index contributed by atoms with van der Waals surface area (Å²) in [5, 5.41) is 0.305. The number of hydrogen-bond donors (Lipinski definition) is 1. The van der Waals surface area contributed by atoms with Crippen LogP contribution in [0.2, 0.25) is 5.15 Å². The minimum Gasteiger partial charge on any atom is -0.612 e. The molecule has 0 aliphatic carbocycles. The van der Waals surface area contributed by atoms with Gasteiger partial charge in [-0.3, -0.25) is 0 Å². The number of aromatic nitrogens is 3. The zero-order valence-electron chi connectivity index (χ0n) is 12.4. The van der Waals surface area contributed by atoms with Crippen LogP contribution in [0.5, 0.6) is 0 Å². The van der Waals surface area contributed by atoms with Gasteiger partial charge in [-0.25, -0.2) is 14.4 Å². The fourth-order valence-corrected chi connectivity index (χ4v) is 3.10. The number of H-pyrrole nitrogens is 1. The number of aryl methyl sites for hydroxylation is 1. The van der Waals surface area contributed by atoms with E-state index in [0.29, 0.717) is 22.4 Å². The molecule has 2 heterocycles. The van der Waals surface area contributed by atoms with Gasteiger partial charge in [0.25, 0.3) is 0 Å². The average Bonchev–Trinajstić information content (AvgIpc) is 2.89. The number of nitrogens with zero attached hydrogens (tertiary/aromatic N) is 2. The minimum atomic E-state index is -1.04. The second-order valence-electron chi connectivity index (χ2n) is 5.04. The SMILES string of the molecule is Cc1cc([S+](C)[O-])ccc1-c1[nH]c(-c2ccc(F)cn2)nc1Cl. The maximum Gasteiger partial charge on any atom is 0.158 e. The second-order valence-corrected chi connectivity index (χ2v) is 6.78. The highest BCUT2D eigenvalue weighted by Gasteiger charge is 2.16. The molecule has 3 aromatic rings. The predicted octanol–water partition coefficient (Wildman–Crippen LogP) is 3.98. The molecule has 0 aliphatic rings. The van der Waals surface area contributed by atoms with Gasteiger partial charge in [0.1, 0.15) is 17.8 Å². The molecule has 0 radical (unpaired) electrons. The van der Waals surface area contributed by atoms with Gasteiger partial charge in [0, 0.05) is 5.56 Å². The van der Waals surface area contributed by atoms with E-state index in [1.807, 2.05) is 19.1 Å². The molecule has 1 N–H and O–H groups in total. The molecule has 0 aliphatic heterocycles. The number of rotatable bonds is 3. The summed E-state index contributed by atoms with van der Waals surface area (Å²) in [6, 6.07) is 8.36. The summed E-state index contributed by atoms with van der Waals surface area (Å²) in [7, 11) is 0. The van der Waals surface area contributed by atoms with E-state index in [9.17, 15) is 8.94 Å². The van der Waals surface area contributed by atoms with Gasteiger partial charge in [0.15, 0.2) is 15.9 Å². The molecule has 3 rings (SSSR count). The van der Waals surface area contributed by atoms with Crippen LogP contribution in [0.25, 0.3) is 22.8 Å². The van der Waals surface area contributed by atoms with E-state index in [1.54, 1.807) is 12.3 Å². The van der Waals surface area contributed by atoms with Gasteiger partial charge >= 0.3 is 0 Å². The first-order valence-electron chi connectivity index (χ1n) is 6.77. The summed E-state index contributed by atoms with van der Waals surface area (Å²) >= 11 is 5.19. The lowest BCUT2D eigenvalue weighted by atomic mass is 10.1. The molecular formula is C16H13ClFN3OS. The molecule has 23 heavy (non-hydrogen) atoms. The number of hydrogen-bond acceptors (Lipinski definition) is 3. The molecule has 0 bridgehead atoms. The molecule has 0 amide bonds. The lowest BCUT2D eigenvalue weighted by Gasteiger charge is -2.08. The molecule has 1 aromatic carbocycles. The van der Waals surface area contributed by atoms with Gasteiger partial charge in [-0.1, -0.05) is 11.6 Å². The van der Waals surface area contributed by atoms with E-state index in [2.05, 4.69) is 15.0 Å². The Morgan fingerprint density at radius 3 is 2.65 bits per heavy atom. The van der Waals surface area contributed by atoms with E-state index in [4.69, 9.17) is 11.6 Å². The van der Waals surface area contributed by atoms with Crippen molar-refractivity contribution in [3.63, 3.8) is 0 Å². The molecule has 1 atom stereocenters. The largest absolute Gasteiger partial charge is 0.612 e. The first-order chi connectivity index (χ1) is 11.0. The zero-order valence-corrected chi connectivity index (χ0v) is 14.0. The van der Waals surface area contributed by atoms with Gasteiger partial charge in [-0.15, -0.1) is 0 Å². The highest BCUT2D eigenvalue weighted by Crippen LogP contribution is 2.31. The molecule has 7 heteroatoms. The number of halogens is 2. The van der Waals surface area contributed by atoms with Crippen LogP contribution < -0.4 is 0 Å². The van der Waals surface area contributed by atoms with Crippen molar-refractivity contribution in [1.29, 1.82) is 0 Å². The monoisotopic (exact) mass is 349 g/mol. The summed E-state index contributed by atoms with van der Waals surface area (Å²) in [5.41, 5.74) is 2.95. The van der Waals surface area contributed by atoms with Crippen LogP contribution in [0.1, 0.15) is 5.56 Å². The third-order valence-electron chi connectivity index (χ3n) is 3.43. The molecule has 0 spiro atoms. The summed E-state index contributed by atoms with van der Waals surface area (Å²) < 4.78 is 24.5. The van der Waals surface area contributed by atoms with Gasteiger partial charge in [-0.2, -0.15) is 0 Å². The van der Waals surface area contributed by atoms with Crippen molar-refractivity contribution in [2.75, 3.05) is 6.26 Å². The van der Waals surface area contributed by atoms with Crippen LogP contribution in [-0.2, 0) is 11.2 Å². The molecule has 2 aromatic heterocycles. The summed E-state index contributed by atoms with van der Waals surface area (Å²) in [6.07, 6.45) is 2.76. The Kier molecular flexibility index (Phi) is 4.39. The van der Waals surface area contributed by atoms with E-state index in [1.165, 1.54) is 12.1 Å². The van der Waals surface area contributed by atoms with Crippen molar-refractivity contribution < 1.29 is 8.94 Å². The summed E-state index contributed by atoms with van der Waals surface area (Å²) in [4.78, 5) is 12.1. The Hall–Kier alpha value is -1.89. The number of nitrogens with one attached hydrogen (secondary N) is 1. The number of pyridine rings is 1. The summed E-state index contributed by atoms with van der Waals surface area (Å²) in [5.74, 6) is 0.0539. The van der Waals surface area contributed by atoms with Crippen molar-refractivity contribution in [3.05, 3.63) is 53.1 Å². The smallest absolute Gasteiger partial charge is 0.158 e. The topological polar surface area (TPSA) is 64.6 Å². The fraction of sp³-hybridized carbons (Fsp3) is 0.125. The fourth-order valence-electron chi connectivity index (χ4n) is 2.26. The highest BCUT2D eigenvalue weighted by molar-refractivity contribution is 7.90. The first kappa shape index (κ1) is 16.0. The van der Waals surface area contributed by atoms with Gasteiger partial charge in [-0.05, 0) is 54.0 Å². The Bertz CT molecular complexity index is 849. The quantitative estimate of drug-likeness (QED) is 0.727. The third kappa shape index (κ3) is 3.24. The van der Waals surface area contributed by atoms with Crippen molar-refractivity contribution in [2.24, 2.45) is 0 Å². The van der Waals surface area contributed by atoms with Crippen molar-refractivity contribution in [1.82, 2.24) is 15.0 Å². The third-order valence-corrected chi connectivity index (χ3v) is 4.62. The molecule has 1 unspecified atom stereocenters. The first-order valence-corrected chi connectivity index (χ1v) is 8.71. The minimum absolute atomic E-state index is 0.305. The molecule has 118 valence electrons. The van der Waals surface area contributed by atoms with Crippen LogP contribution in [0.3, 0.4) is 0 Å². The standard InChI is InChI=1S/C16H13ClFN3OS/c1-9-7-11(23(2)22)4-5-12(9)14-15(17)21-16(20-14)13-6-3-10(18)8-19-13/h3-8H,1-2H3,(H,20,21). The van der Waals surface area contributed by atoms with Gasteiger partial charge in [0.05, 0.1) is 11.9 Å². The van der Waals surface area contributed by atoms with E-state index >= 15 is 0 Å². The Morgan fingerprint density at radius 2 is 2.04 bits per heavy atom. The number of benzene rings is 1. The zero-order chi connectivity index (χ0) is 16.6. The van der Waals surface area contributed by atoms with Crippen LogP contribution in [-0.4, -0.2) is 25.8 Å². The predicted molar refractivity (Wildman–Crippen MR) is 89.3 cm³/mol. The molecule has 0 fully saturated rings. The Morgan fingerprint density at radius 1 is 1.26 bits per heavy atom. The lowest BCUT2D eigenvalue weighted by molar-refractivity contribution is 0.600.